The predicted molar refractivity (Wildman–Crippen MR) is 120 cm³/mol. The fourth-order valence-corrected chi connectivity index (χ4v) is 3.28. The zero-order valence-electron chi connectivity index (χ0n) is 17.6. The molecule has 158 valence electrons. The molecule has 0 atom stereocenters. The number of hydrogen-bond donors (Lipinski definition) is 0. The van der Waals surface area contributed by atoms with E-state index in [0.29, 0.717) is 5.69 Å². The molecule has 1 aliphatic rings. The predicted octanol–water partition coefficient (Wildman–Crippen LogP) is 7.11. The van der Waals surface area contributed by atoms with Gasteiger partial charge in [-0.1, -0.05) is 0 Å². The van der Waals surface area contributed by atoms with E-state index in [9.17, 15) is 4.39 Å². The Bertz CT molecular complexity index is 1090. The molecular weight excluding hydrogens is 393 g/mol. The maximum Gasteiger partial charge on any atom is 0.123 e. The summed E-state index contributed by atoms with van der Waals surface area (Å²) in [7, 11) is 0. The van der Waals surface area contributed by atoms with Crippen LogP contribution in [0.4, 0.5) is 32.8 Å². The molecule has 31 heavy (non-hydrogen) atoms. The Kier molecular flexibility index (Phi) is 6.43. The summed E-state index contributed by atoms with van der Waals surface area (Å²) in [6.07, 6.45) is 0. The van der Waals surface area contributed by atoms with Gasteiger partial charge in [0.15, 0.2) is 0 Å². The second kappa shape index (κ2) is 9.57. The van der Waals surface area contributed by atoms with Crippen LogP contribution in [-0.2, 0) is 4.74 Å². The molecular formula is C24H24FN5O. The molecule has 4 rings (SSSR count). The average molecular weight is 417 g/mol. The second-order valence-electron chi connectivity index (χ2n) is 7.42. The third kappa shape index (κ3) is 5.38. The molecule has 7 heteroatoms. The Hall–Kier alpha value is -3.45. The van der Waals surface area contributed by atoms with Crippen molar-refractivity contribution < 1.29 is 9.13 Å². The third-order valence-electron chi connectivity index (χ3n) is 5.11. The highest BCUT2D eigenvalue weighted by Gasteiger charge is 2.10. The second-order valence-corrected chi connectivity index (χ2v) is 7.42. The summed E-state index contributed by atoms with van der Waals surface area (Å²) in [5, 5.41) is 17.3. The number of azo groups is 2. The molecule has 0 saturated carbocycles. The Labute approximate surface area is 181 Å². The lowest BCUT2D eigenvalue weighted by Gasteiger charge is -2.28. The van der Waals surface area contributed by atoms with Gasteiger partial charge >= 0.3 is 0 Å². The molecule has 1 heterocycles. The van der Waals surface area contributed by atoms with Gasteiger partial charge in [-0.15, -0.1) is 0 Å². The smallest absolute Gasteiger partial charge is 0.123 e. The van der Waals surface area contributed by atoms with Gasteiger partial charge in [-0.25, -0.2) is 4.39 Å². The van der Waals surface area contributed by atoms with Crippen LogP contribution in [0.5, 0.6) is 0 Å². The summed E-state index contributed by atoms with van der Waals surface area (Å²) < 4.78 is 18.4. The fourth-order valence-electron chi connectivity index (χ4n) is 3.28. The molecule has 3 aromatic carbocycles. The van der Waals surface area contributed by atoms with Crippen molar-refractivity contribution in [3.05, 3.63) is 77.6 Å². The molecule has 0 spiro atoms. The Balaban J connectivity index is 1.46. The van der Waals surface area contributed by atoms with Crippen LogP contribution in [0.15, 0.2) is 81.1 Å². The average Bonchev–Trinajstić information content (AvgIpc) is 2.80. The monoisotopic (exact) mass is 417 g/mol. The Morgan fingerprint density at radius 3 is 1.71 bits per heavy atom. The van der Waals surface area contributed by atoms with Gasteiger partial charge in [0.25, 0.3) is 0 Å². The van der Waals surface area contributed by atoms with Gasteiger partial charge in [0.05, 0.1) is 36.0 Å². The molecule has 1 saturated heterocycles. The van der Waals surface area contributed by atoms with Crippen LogP contribution in [0.25, 0.3) is 0 Å². The van der Waals surface area contributed by atoms with Crippen LogP contribution in [-0.4, -0.2) is 26.3 Å². The van der Waals surface area contributed by atoms with E-state index in [2.05, 4.69) is 37.5 Å². The number of halogens is 1. The Morgan fingerprint density at radius 2 is 1.19 bits per heavy atom. The summed E-state index contributed by atoms with van der Waals surface area (Å²) in [6, 6.07) is 17.9. The lowest BCUT2D eigenvalue weighted by Crippen LogP contribution is -2.36. The van der Waals surface area contributed by atoms with E-state index in [1.165, 1.54) is 17.8 Å². The quantitative estimate of drug-likeness (QED) is 0.415. The minimum Gasteiger partial charge on any atom is -0.378 e. The molecule has 3 aromatic rings. The van der Waals surface area contributed by atoms with Crippen molar-refractivity contribution in [2.75, 3.05) is 31.2 Å². The van der Waals surface area contributed by atoms with E-state index >= 15 is 0 Å². The number of rotatable bonds is 5. The Morgan fingerprint density at radius 1 is 0.710 bits per heavy atom. The minimum atomic E-state index is -0.295. The number of hydrogen-bond acceptors (Lipinski definition) is 6. The van der Waals surface area contributed by atoms with Gasteiger partial charge in [-0.3, -0.25) is 0 Å². The number of ether oxygens (including phenoxy) is 1. The number of aryl methyl sites for hydroxylation is 2. The normalized spacial score (nSPS) is 14.6. The van der Waals surface area contributed by atoms with Crippen LogP contribution in [0, 0.1) is 19.7 Å². The van der Waals surface area contributed by atoms with Crippen LogP contribution < -0.4 is 4.90 Å². The van der Waals surface area contributed by atoms with E-state index in [0.717, 1.165) is 54.5 Å². The lowest BCUT2D eigenvalue weighted by atomic mass is 10.1. The van der Waals surface area contributed by atoms with Crippen molar-refractivity contribution in [3.8, 4) is 0 Å². The van der Waals surface area contributed by atoms with Gasteiger partial charge in [-0.05, 0) is 85.6 Å². The molecule has 0 aromatic heterocycles. The number of anilines is 1. The van der Waals surface area contributed by atoms with E-state index in [1.54, 1.807) is 12.1 Å². The van der Waals surface area contributed by atoms with Crippen LogP contribution in [0.1, 0.15) is 11.1 Å². The maximum atomic E-state index is 13.0. The number of morpholine rings is 1. The van der Waals surface area contributed by atoms with Crippen molar-refractivity contribution in [2.45, 2.75) is 13.8 Å². The van der Waals surface area contributed by atoms with Gasteiger partial charge in [0, 0.05) is 18.8 Å². The highest BCUT2D eigenvalue weighted by Crippen LogP contribution is 2.31. The molecule has 1 fully saturated rings. The molecule has 6 nitrogen and oxygen atoms in total. The van der Waals surface area contributed by atoms with E-state index in [4.69, 9.17) is 4.74 Å². The van der Waals surface area contributed by atoms with Gasteiger partial charge < -0.3 is 9.64 Å². The molecule has 0 unspecified atom stereocenters. The molecule has 0 aliphatic carbocycles. The molecule has 0 N–H and O–H groups in total. The van der Waals surface area contributed by atoms with Crippen molar-refractivity contribution in [1.29, 1.82) is 0 Å². The first-order valence-electron chi connectivity index (χ1n) is 10.2. The highest BCUT2D eigenvalue weighted by atomic mass is 19.1. The molecule has 0 amide bonds. The van der Waals surface area contributed by atoms with E-state index < -0.39 is 0 Å². The lowest BCUT2D eigenvalue weighted by molar-refractivity contribution is 0.122. The first-order chi connectivity index (χ1) is 15.1. The van der Waals surface area contributed by atoms with Gasteiger partial charge in [-0.2, -0.15) is 20.5 Å². The maximum absolute atomic E-state index is 13.0. The molecule has 1 aliphatic heterocycles. The summed E-state index contributed by atoms with van der Waals surface area (Å²) >= 11 is 0. The van der Waals surface area contributed by atoms with E-state index in [-0.39, 0.29) is 5.82 Å². The summed E-state index contributed by atoms with van der Waals surface area (Å²) in [6.45, 7) is 7.26. The topological polar surface area (TPSA) is 61.9 Å². The summed E-state index contributed by atoms with van der Waals surface area (Å²) in [5.41, 5.74) is 5.99. The fraction of sp³-hybridized carbons (Fsp3) is 0.250. The first-order valence-corrected chi connectivity index (χ1v) is 10.2. The first kappa shape index (κ1) is 20.8. The molecule has 0 radical (unpaired) electrons. The third-order valence-corrected chi connectivity index (χ3v) is 5.11. The van der Waals surface area contributed by atoms with Crippen molar-refractivity contribution in [2.24, 2.45) is 20.5 Å². The zero-order valence-corrected chi connectivity index (χ0v) is 17.6. The van der Waals surface area contributed by atoms with E-state index in [1.807, 2.05) is 38.1 Å². The van der Waals surface area contributed by atoms with Crippen LogP contribution in [0.2, 0.25) is 0 Å². The standard InChI is InChI=1S/C24H24FN5O/c1-17-16-24(18(2)15-23(17)28-26-20-5-3-19(25)4-6-20)29-27-21-7-9-22(10-8-21)30-11-13-31-14-12-30/h3-10,15-16H,11-14H2,1-2H3. The zero-order chi connectivity index (χ0) is 21.6. The SMILES string of the molecule is Cc1cc(N=Nc2ccc(N3CCOCC3)cc2)c(C)cc1N=Nc1ccc(F)cc1. The number of benzene rings is 3. The highest BCUT2D eigenvalue weighted by molar-refractivity contribution is 5.59. The number of nitrogens with zero attached hydrogens (tertiary/aromatic N) is 5. The largest absolute Gasteiger partial charge is 0.378 e. The van der Waals surface area contributed by atoms with Crippen molar-refractivity contribution in [3.63, 3.8) is 0 Å². The van der Waals surface area contributed by atoms with Crippen LogP contribution in [0.3, 0.4) is 0 Å². The van der Waals surface area contributed by atoms with Crippen molar-refractivity contribution >= 4 is 28.4 Å². The minimum absolute atomic E-state index is 0.295. The van der Waals surface area contributed by atoms with Crippen molar-refractivity contribution in [1.82, 2.24) is 0 Å². The van der Waals surface area contributed by atoms with Gasteiger partial charge in [0.2, 0.25) is 0 Å². The summed E-state index contributed by atoms with van der Waals surface area (Å²) in [4.78, 5) is 2.30. The van der Waals surface area contributed by atoms with Crippen LogP contribution >= 0.6 is 0 Å². The molecule has 0 bridgehead atoms. The van der Waals surface area contributed by atoms with Gasteiger partial charge in [0.1, 0.15) is 5.82 Å². The summed E-state index contributed by atoms with van der Waals surface area (Å²) in [5.74, 6) is -0.295.